The van der Waals surface area contributed by atoms with Crippen molar-refractivity contribution in [2.45, 2.75) is 19.8 Å². The van der Waals surface area contributed by atoms with Gasteiger partial charge in [-0.05, 0) is 18.6 Å². The number of hydrogen-bond acceptors (Lipinski definition) is 5. The Balaban J connectivity index is 2.63. The van der Waals surface area contributed by atoms with Crippen LogP contribution in [0.1, 0.15) is 61.2 Å². The molecule has 1 aliphatic heterocycles. The monoisotopic (exact) mass is 262 g/mol. The number of fused-ring (bicyclic) bond motifs is 1. The van der Waals surface area contributed by atoms with E-state index >= 15 is 0 Å². The van der Waals surface area contributed by atoms with E-state index in [1.54, 1.807) is 6.92 Å². The highest BCUT2D eigenvalue weighted by atomic mass is 16.6. The average Bonchev–Trinajstić information content (AvgIpc) is 2.63. The molecule has 0 saturated heterocycles. The van der Waals surface area contributed by atoms with Crippen LogP contribution in [0, 0.1) is 0 Å². The van der Waals surface area contributed by atoms with Crippen LogP contribution in [-0.4, -0.2) is 28.8 Å². The molecule has 1 aromatic rings. The number of ketones is 1. The van der Waals surface area contributed by atoms with E-state index in [-0.39, 0.29) is 34.5 Å². The molecule has 0 spiro atoms. The molecule has 6 heteroatoms. The van der Waals surface area contributed by atoms with Crippen molar-refractivity contribution in [2.24, 2.45) is 0 Å². The number of benzene rings is 1. The molecule has 1 N–H and O–H groups in total. The first kappa shape index (κ1) is 12.9. The molecule has 98 valence electrons. The van der Waals surface area contributed by atoms with E-state index in [0.717, 1.165) is 12.1 Å². The lowest BCUT2D eigenvalue weighted by atomic mass is 9.95. The zero-order valence-electron chi connectivity index (χ0n) is 10.1. The largest absolute Gasteiger partial charge is 0.478 e. The fourth-order valence-corrected chi connectivity index (χ4v) is 1.90. The van der Waals surface area contributed by atoms with Crippen LogP contribution in [0.5, 0.6) is 0 Å². The van der Waals surface area contributed by atoms with Crippen molar-refractivity contribution in [2.75, 3.05) is 0 Å². The summed E-state index contributed by atoms with van der Waals surface area (Å²) in [5, 5.41) is 9.08. The molecule has 1 aliphatic rings. The molecule has 0 aliphatic carbocycles. The Morgan fingerprint density at radius 3 is 2.11 bits per heavy atom. The Morgan fingerprint density at radius 2 is 1.63 bits per heavy atom. The van der Waals surface area contributed by atoms with E-state index in [0.29, 0.717) is 6.42 Å². The molecule has 1 heterocycles. The van der Waals surface area contributed by atoms with Crippen molar-refractivity contribution in [3.8, 4) is 0 Å². The number of esters is 2. The third kappa shape index (κ3) is 2.12. The minimum Gasteiger partial charge on any atom is -0.478 e. The molecule has 1 aromatic carbocycles. The van der Waals surface area contributed by atoms with Gasteiger partial charge in [0.1, 0.15) is 0 Å². The summed E-state index contributed by atoms with van der Waals surface area (Å²) in [4.78, 5) is 45.7. The van der Waals surface area contributed by atoms with Gasteiger partial charge in [-0.2, -0.15) is 0 Å². The number of rotatable bonds is 4. The fourth-order valence-electron chi connectivity index (χ4n) is 1.90. The summed E-state index contributed by atoms with van der Waals surface area (Å²) in [7, 11) is 0. The second-order valence-corrected chi connectivity index (χ2v) is 4.10. The van der Waals surface area contributed by atoms with Gasteiger partial charge in [0.15, 0.2) is 5.78 Å². The molecule has 0 bridgehead atoms. The number of hydrogen-bond donors (Lipinski definition) is 1. The second-order valence-electron chi connectivity index (χ2n) is 4.10. The van der Waals surface area contributed by atoms with Crippen LogP contribution in [-0.2, 0) is 4.74 Å². The molecule has 0 unspecified atom stereocenters. The van der Waals surface area contributed by atoms with Gasteiger partial charge in [-0.3, -0.25) is 4.79 Å². The zero-order valence-corrected chi connectivity index (χ0v) is 10.1. The van der Waals surface area contributed by atoms with Crippen molar-refractivity contribution in [3.63, 3.8) is 0 Å². The van der Waals surface area contributed by atoms with Crippen LogP contribution >= 0.6 is 0 Å². The van der Waals surface area contributed by atoms with Crippen LogP contribution in [0.4, 0.5) is 0 Å². The maximum atomic E-state index is 11.9. The maximum absolute atomic E-state index is 11.9. The van der Waals surface area contributed by atoms with Gasteiger partial charge in [0.2, 0.25) is 0 Å². The van der Waals surface area contributed by atoms with Crippen LogP contribution < -0.4 is 0 Å². The summed E-state index contributed by atoms with van der Waals surface area (Å²) >= 11 is 0. The van der Waals surface area contributed by atoms with Crippen LogP contribution in [0.15, 0.2) is 12.1 Å². The van der Waals surface area contributed by atoms with Crippen molar-refractivity contribution >= 4 is 23.7 Å². The first-order chi connectivity index (χ1) is 8.95. The van der Waals surface area contributed by atoms with Gasteiger partial charge < -0.3 is 9.84 Å². The van der Waals surface area contributed by atoms with E-state index in [9.17, 15) is 19.2 Å². The van der Waals surface area contributed by atoms with Crippen LogP contribution in [0.25, 0.3) is 0 Å². The van der Waals surface area contributed by atoms with Gasteiger partial charge in [0, 0.05) is 12.0 Å². The van der Waals surface area contributed by atoms with E-state index < -0.39 is 17.9 Å². The third-order valence-corrected chi connectivity index (χ3v) is 2.79. The van der Waals surface area contributed by atoms with E-state index in [1.807, 2.05) is 0 Å². The van der Waals surface area contributed by atoms with Gasteiger partial charge in [-0.25, -0.2) is 14.4 Å². The molecule has 6 nitrogen and oxygen atoms in total. The summed E-state index contributed by atoms with van der Waals surface area (Å²) in [6.07, 6.45) is 0.723. The summed E-state index contributed by atoms with van der Waals surface area (Å²) in [6, 6.07) is 2.15. The molecule has 0 amide bonds. The van der Waals surface area contributed by atoms with Gasteiger partial charge in [-0.15, -0.1) is 0 Å². The van der Waals surface area contributed by atoms with Gasteiger partial charge >= 0.3 is 17.9 Å². The third-order valence-electron chi connectivity index (χ3n) is 2.79. The number of carbonyl (C=O) groups excluding carboxylic acids is 3. The minimum atomic E-state index is -1.32. The number of Topliss-reactive ketones (excluding diaryl/α,β-unsaturated/α-hetero) is 1. The highest BCUT2D eigenvalue weighted by Crippen LogP contribution is 2.25. The fraction of sp³-hybridized carbons (Fsp3) is 0.231. The topological polar surface area (TPSA) is 97.7 Å². The normalized spacial score (nSPS) is 13.1. The molecular weight excluding hydrogens is 252 g/mol. The standard InChI is InChI=1S/C13H10O6/c1-2-3-10(14)6-4-8-9(5-7(6)11(15)16)13(18)19-12(8)17/h4-5H,2-3H2,1H3,(H,15,16). The molecular formula is C13H10O6. The Kier molecular flexibility index (Phi) is 3.16. The van der Waals surface area contributed by atoms with Crippen molar-refractivity contribution < 1.29 is 29.0 Å². The Morgan fingerprint density at radius 1 is 1.11 bits per heavy atom. The highest BCUT2D eigenvalue weighted by Gasteiger charge is 2.33. The summed E-state index contributed by atoms with van der Waals surface area (Å²) in [5.74, 6) is -3.45. The van der Waals surface area contributed by atoms with Crippen molar-refractivity contribution in [1.82, 2.24) is 0 Å². The predicted octanol–water partition coefficient (Wildman–Crippen LogP) is 1.68. The van der Waals surface area contributed by atoms with Crippen LogP contribution in [0.2, 0.25) is 0 Å². The first-order valence-electron chi connectivity index (χ1n) is 5.66. The number of ether oxygens (including phenoxy) is 1. The average molecular weight is 262 g/mol. The number of carboxylic acid groups (broad SMARTS) is 1. The quantitative estimate of drug-likeness (QED) is 0.503. The van der Waals surface area contributed by atoms with Gasteiger partial charge in [0.25, 0.3) is 0 Å². The SMILES string of the molecule is CCCC(=O)c1cc2c(cc1C(=O)O)C(=O)OC2=O. The lowest BCUT2D eigenvalue weighted by Gasteiger charge is -2.05. The molecule has 0 aromatic heterocycles. The number of carbonyl (C=O) groups is 4. The van der Waals surface area contributed by atoms with Crippen molar-refractivity contribution in [1.29, 1.82) is 0 Å². The molecule has 19 heavy (non-hydrogen) atoms. The molecule has 0 saturated carbocycles. The van der Waals surface area contributed by atoms with Crippen molar-refractivity contribution in [3.05, 3.63) is 34.4 Å². The van der Waals surface area contributed by atoms with Crippen LogP contribution in [0.3, 0.4) is 0 Å². The predicted molar refractivity (Wildman–Crippen MR) is 62.4 cm³/mol. The number of aromatic carboxylic acids is 1. The lowest BCUT2D eigenvalue weighted by Crippen LogP contribution is -2.11. The summed E-state index contributed by atoms with van der Waals surface area (Å²) in [5.41, 5.74) is -0.534. The van der Waals surface area contributed by atoms with Gasteiger partial charge in [-0.1, -0.05) is 6.92 Å². The first-order valence-corrected chi connectivity index (χ1v) is 5.66. The number of carboxylic acids is 1. The van der Waals surface area contributed by atoms with E-state index in [1.165, 1.54) is 0 Å². The summed E-state index contributed by atoms with van der Waals surface area (Å²) < 4.78 is 4.38. The Hall–Kier alpha value is -2.50. The Bertz CT molecular complexity index is 614. The molecule has 2 rings (SSSR count). The minimum absolute atomic E-state index is 0.0607. The lowest BCUT2D eigenvalue weighted by molar-refractivity contribution is 0.0443. The zero-order chi connectivity index (χ0) is 14.2. The second kappa shape index (κ2) is 4.64. The van der Waals surface area contributed by atoms with E-state index in [2.05, 4.69) is 4.74 Å². The Labute approximate surface area is 108 Å². The van der Waals surface area contributed by atoms with Gasteiger partial charge in [0.05, 0.1) is 16.7 Å². The van der Waals surface area contributed by atoms with E-state index in [4.69, 9.17) is 5.11 Å². The molecule has 0 fully saturated rings. The smallest absolute Gasteiger partial charge is 0.346 e. The molecule has 0 atom stereocenters. The molecule has 0 radical (unpaired) electrons. The number of cyclic esters (lactones) is 2. The maximum Gasteiger partial charge on any atom is 0.346 e. The summed E-state index contributed by atoms with van der Waals surface area (Å²) in [6.45, 7) is 1.78. The highest BCUT2D eigenvalue weighted by molar-refractivity contribution is 6.18.